The number of nitrogens with zero attached hydrogens (tertiary/aromatic N) is 1. The molecule has 210 valence electrons. The fourth-order valence-electron chi connectivity index (χ4n) is 6.13. The zero-order valence-corrected chi connectivity index (χ0v) is 23.7. The lowest BCUT2D eigenvalue weighted by Crippen LogP contribution is -2.48. The molecule has 0 aliphatic carbocycles. The van der Waals surface area contributed by atoms with Crippen LogP contribution in [-0.2, 0) is 15.1 Å². The van der Waals surface area contributed by atoms with E-state index in [1.807, 2.05) is 42.3 Å². The molecule has 2 N–H and O–H groups in total. The van der Waals surface area contributed by atoms with Gasteiger partial charge in [0, 0.05) is 39.1 Å². The molecule has 38 heavy (non-hydrogen) atoms. The predicted molar refractivity (Wildman–Crippen MR) is 152 cm³/mol. The topological polar surface area (TPSA) is 61.8 Å². The Morgan fingerprint density at radius 3 is 2.71 bits per heavy atom. The fourth-order valence-corrected chi connectivity index (χ4v) is 6.13. The van der Waals surface area contributed by atoms with E-state index >= 15 is 0 Å². The molecule has 1 fully saturated rings. The molecule has 1 heterocycles. The number of ether oxygens (including phenoxy) is 1. The van der Waals surface area contributed by atoms with Gasteiger partial charge in [-0.3, -0.25) is 4.79 Å². The predicted octanol–water partition coefficient (Wildman–Crippen LogP) is 6.01. The van der Waals surface area contributed by atoms with Crippen molar-refractivity contribution in [1.82, 2.24) is 10.2 Å². The molecule has 3 rings (SSSR count). The Kier molecular flexibility index (Phi) is 11.8. The summed E-state index contributed by atoms with van der Waals surface area (Å²) in [5.41, 5.74) is 1.27. The number of nitrogens with one attached hydrogen (secondary N) is 1. The Balaban J connectivity index is 1.90. The van der Waals surface area contributed by atoms with Crippen molar-refractivity contribution in [1.29, 1.82) is 0 Å². The van der Waals surface area contributed by atoms with E-state index in [4.69, 9.17) is 4.74 Å². The van der Waals surface area contributed by atoms with Gasteiger partial charge in [0.25, 0.3) is 0 Å². The van der Waals surface area contributed by atoms with Gasteiger partial charge in [0.1, 0.15) is 5.82 Å². The van der Waals surface area contributed by atoms with E-state index in [0.29, 0.717) is 37.8 Å². The van der Waals surface area contributed by atoms with Gasteiger partial charge in [-0.15, -0.1) is 0 Å². The molecule has 1 aliphatic heterocycles. The minimum atomic E-state index is -1.14. The highest BCUT2D eigenvalue weighted by atomic mass is 19.1. The summed E-state index contributed by atoms with van der Waals surface area (Å²) in [6.45, 7) is 7.12. The van der Waals surface area contributed by atoms with Crippen molar-refractivity contribution in [2.24, 2.45) is 17.8 Å². The molecule has 6 heteroatoms. The van der Waals surface area contributed by atoms with E-state index in [1.165, 1.54) is 12.1 Å². The van der Waals surface area contributed by atoms with E-state index in [2.05, 4.69) is 19.2 Å². The summed E-state index contributed by atoms with van der Waals surface area (Å²) in [4.78, 5) is 15.4. The van der Waals surface area contributed by atoms with E-state index in [9.17, 15) is 14.3 Å². The summed E-state index contributed by atoms with van der Waals surface area (Å²) < 4.78 is 19.4. The molecule has 0 saturated carbocycles. The first-order valence-corrected chi connectivity index (χ1v) is 14.3. The molecule has 0 unspecified atom stereocenters. The number of carbonyl (C=O) groups is 1. The summed E-state index contributed by atoms with van der Waals surface area (Å²) in [7, 11) is 3.63. The Bertz CT molecular complexity index is 1010. The SMILES string of the molecule is CNC[C@@H](CC(=O)N1CCC[C@@H]([C@@](O)(CCCCOC)c2ccccc2-c2cccc(F)c2)C1)CC(C)C. The molecule has 0 aromatic heterocycles. The number of carbonyl (C=O) groups excluding carboxylic acids is 1. The smallest absolute Gasteiger partial charge is 0.222 e. The Morgan fingerprint density at radius 2 is 2.00 bits per heavy atom. The lowest BCUT2D eigenvalue weighted by Gasteiger charge is -2.44. The van der Waals surface area contributed by atoms with Crippen molar-refractivity contribution in [3.8, 4) is 11.1 Å². The van der Waals surface area contributed by atoms with Gasteiger partial charge in [-0.2, -0.15) is 0 Å². The monoisotopic (exact) mass is 526 g/mol. The van der Waals surface area contributed by atoms with Gasteiger partial charge in [-0.1, -0.05) is 50.2 Å². The number of piperidine rings is 1. The second-order valence-electron chi connectivity index (χ2n) is 11.4. The highest BCUT2D eigenvalue weighted by Crippen LogP contribution is 2.44. The molecule has 1 amide bonds. The number of aliphatic hydroxyl groups is 1. The van der Waals surface area contributed by atoms with Crippen LogP contribution in [0.1, 0.15) is 64.4 Å². The number of amides is 1. The molecule has 3 atom stereocenters. The van der Waals surface area contributed by atoms with Crippen LogP contribution in [0.25, 0.3) is 11.1 Å². The third kappa shape index (κ3) is 8.11. The molecule has 1 aliphatic rings. The lowest BCUT2D eigenvalue weighted by atomic mass is 9.72. The van der Waals surface area contributed by atoms with Gasteiger partial charge >= 0.3 is 0 Å². The average Bonchev–Trinajstić information content (AvgIpc) is 2.91. The second kappa shape index (κ2) is 14.8. The van der Waals surface area contributed by atoms with Crippen molar-refractivity contribution >= 4 is 5.91 Å². The lowest BCUT2D eigenvalue weighted by molar-refractivity contribution is -0.137. The number of methoxy groups -OCH3 is 1. The van der Waals surface area contributed by atoms with Gasteiger partial charge in [0.2, 0.25) is 5.91 Å². The Hall–Kier alpha value is -2.28. The molecular formula is C32H47FN2O3. The average molecular weight is 527 g/mol. The molecule has 0 radical (unpaired) electrons. The number of hydrogen-bond donors (Lipinski definition) is 2. The van der Waals surface area contributed by atoms with Crippen molar-refractivity contribution < 1.29 is 19.0 Å². The van der Waals surface area contributed by atoms with Gasteiger partial charge in [-0.05, 0) is 92.8 Å². The summed E-state index contributed by atoms with van der Waals surface area (Å²) in [5.74, 6) is 0.607. The van der Waals surface area contributed by atoms with Crippen LogP contribution >= 0.6 is 0 Å². The van der Waals surface area contributed by atoms with E-state index < -0.39 is 5.60 Å². The Morgan fingerprint density at radius 1 is 1.21 bits per heavy atom. The summed E-state index contributed by atoms with van der Waals surface area (Å²) in [5, 5.41) is 15.8. The van der Waals surface area contributed by atoms with Gasteiger partial charge in [0.05, 0.1) is 5.60 Å². The quantitative estimate of drug-likeness (QED) is 0.296. The van der Waals surface area contributed by atoms with Crippen LogP contribution in [0.15, 0.2) is 48.5 Å². The van der Waals surface area contributed by atoms with Crippen LogP contribution in [0.2, 0.25) is 0 Å². The van der Waals surface area contributed by atoms with Crippen LogP contribution in [0.3, 0.4) is 0 Å². The van der Waals surface area contributed by atoms with E-state index in [1.54, 1.807) is 13.2 Å². The highest BCUT2D eigenvalue weighted by Gasteiger charge is 2.42. The maximum atomic E-state index is 14.2. The first-order chi connectivity index (χ1) is 18.3. The van der Waals surface area contributed by atoms with Crippen LogP contribution in [0.4, 0.5) is 4.39 Å². The van der Waals surface area contributed by atoms with Gasteiger partial charge in [-0.25, -0.2) is 4.39 Å². The zero-order valence-electron chi connectivity index (χ0n) is 23.7. The van der Waals surface area contributed by atoms with Crippen LogP contribution in [-0.4, -0.2) is 56.3 Å². The number of hydrogen-bond acceptors (Lipinski definition) is 4. The molecule has 5 nitrogen and oxygen atoms in total. The van der Waals surface area contributed by atoms with E-state index in [0.717, 1.165) is 61.9 Å². The summed E-state index contributed by atoms with van der Waals surface area (Å²) in [6.07, 6.45) is 5.44. The maximum Gasteiger partial charge on any atom is 0.222 e. The first kappa shape index (κ1) is 30.3. The van der Waals surface area contributed by atoms with Crippen molar-refractivity contribution in [2.75, 3.05) is 40.4 Å². The number of halogens is 1. The number of benzene rings is 2. The highest BCUT2D eigenvalue weighted by molar-refractivity contribution is 5.76. The van der Waals surface area contributed by atoms with Crippen molar-refractivity contribution in [3.63, 3.8) is 0 Å². The molecule has 2 aromatic carbocycles. The van der Waals surface area contributed by atoms with Crippen molar-refractivity contribution in [3.05, 3.63) is 59.9 Å². The Labute approximate surface area is 228 Å². The third-order valence-electron chi connectivity index (χ3n) is 7.90. The molecule has 1 saturated heterocycles. The number of unbranched alkanes of at least 4 members (excludes halogenated alkanes) is 1. The van der Waals surface area contributed by atoms with Crippen LogP contribution in [0.5, 0.6) is 0 Å². The number of rotatable bonds is 14. The minimum Gasteiger partial charge on any atom is -0.385 e. The fraction of sp³-hybridized carbons (Fsp3) is 0.594. The van der Waals surface area contributed by atoms with Crippen LogP contribution < -0.4 is 5.32 Å². The molecular weight excluding hydrogens is 479 g/mol. The van der Waals surface area contributed by atoms with Crippen LogP contribution in [0, 0.1) is 23.6 Å². The number of likely N-dealkylation sites (tertiary alicyclic amines) is 1. The summed E-state index contributed by atoms with van der Waals surface area (Å²) >= 11 is 0. The van der Waals surface area contributed by atoms with E-state index in [-0.39, 0.29) is 17.6 Å². The molecule has 0 spiro atoms. The van der Waals surface area contributed by atoms with Gasteiger partial charge < -0.3 is 20.1 Å². The largest absolute Gasteiger partial charge is 0.385 e. The standard InChI is InChI=1S/C32H47FN2O3/c1-24(2)19-25(22-34-3)20-31(36)35-17-10-12-27(23-35)32(37,16-7-8-18-38-4)30-15-6-5-14-29(30)26-11-9-13-28(33)21-26/h5-6,9,11,13-15,21,24-25,27,34,37H,7-8,10,12,16-20,22-23H2,1-4H3/t25-,27-,32+/m1/s1. The first-order valence-electron chi connectivity index (χ1n) is 14.3. The third-order valence-corrected chi connectivity index (χ3v) is 7.90. The minimum absolute atomic E-state index is 0.106. The normalized spacial score (nSPS) is 18.4. The summed E-state index contributed by atoms with van der Waals surface area (Å²) in [6, 6.07) is 14.4. The zero-order chi connectivity index (χ0) is 27.5. The molecule has 0 bridgehead atoms. The van der Waals surface area contributed by atoms with Crippen molar-refractivity contribution in [2.45, 2.75) is 64.4 Å². The maximum absolute atomic E-state index is 14.2. The second-order valence-corrected chi connectivity index (χ2v) is 11.4. The van der Waals surface area contributed by atoms with Gasteiger partial charge in [0.15, 0.2) is 0 Å². The molecule has 2 aromatic rings.